The van der Waals surface area contributed by atoms with Gasteiger partial charge in [-0.15, -0.1) is 11.8 Å². The molecule has 0 aliphatic carbocycles. The minimum absolute atomic E-state index is 0.195. The lowest BCUT2D eigenvalue weighted by atomic mass is 10.3. The van der Waals surface area contributed by atoms with Crippen molar-refractivity contribution in [2.75, 3.05) is 11.1 Å². The number of anilines is 1. The number of benzene rings is 2. The third kappa shape index (κ3) is 3.75. The van der Waals surface area contributed by atoms with E-state index in [2.05, 4.69) is 5.32 Å². The van der Waals surface area contributed by atoms with Crippen LogP contribution in [0.15, 0.2) is 41.3 Å². The standard InChI is InChI=1S/C14H9F4NOS/c15-8-3-1-2-4-11(8)21-7-12(20)19-10-6-5-9(16)13(17)14(10)18/h1-6H,7H2,(H,19,20). The third-order valence-corrected chi connectivity index (χ3v) is 3.55. The van der Waals surface area contributed by atoms with Gasteiger partial charge in [-0.25, -0.2) is 17.6 Å². The van der Waals surface area contributed by atoms with Gasteiger partial charge in [0.25, 0.3) is 0 Å². The molecule has 0 radical (unpaired) electrons. The number of halogens is 4. The summed E-state index contributed by atoms with van der Waals surface area (Å²) in [6.45, 7) is 0. The van der Waals surface area contributed by atoms with Crippen LogP contribution in [-0.4, -0.2) is 11.7 Å². The van der Waals surface area contributed by atoms with Gasteiger partial charge in [0, 0.05) is 4.90 Å². The van der Waals surface area contributed by atoms with Crippen molar-refractivity contribution in [1.29, 1.82) is 0 Å². The van der Waals surface area contributed by atoms with Crippen molar-refractivity contribution in [3.8, 4) is 0 Å². The minimum atomic E-state index is -1.66. The number of thioether (sulfide) groups is 1. The normalized spacial score (nSPS) is 10.5. The van der Waals surface area contributed by atoms with E-state index in [9.17, 15) is 22.4 Å². The number of nitrogens with one attached hydrogen (secondary N) is 1. The lowest BCUT2D eigenvalue weighted by Crippen LogP contribution is -2.16. The summed E-state index contributed by atoms with van der Waals surface area (Å²) in [4.78, 5) is 11.9. The Kier molecular flexibility index (Phi) is 4.85. The van der Waals surface area contributed by atoms with Crippen LogP contribution >= 0.6 is 11.8 Å². The highest BCUT2D eigenvalue weighted by Gasteiger charge is 2.15. The van der Waals surface area contributed by atoms with Crippen LogP contribution in [0.4, 0.5) is 23.2 Å². The number of rotatable bonds is 4. The predicted molar refractivity (Wildman–Crippen MR) is 72.1 cm³/mol. The molecule has 21 heavy (non-hydrogen) atoms. The Morgan fingerprint density at radius 1 is 0.952 bits per heavy atom. The zero-order valence-electron chi connectivity index (χ0n) is 10.5. The van der Waals surface area contributed by atoms with Gasteiger partial charge < -0.3 is 5.32 Å². The van der Waals surface area contributed by atoms with E-state index < -0.39 is 34.9 Å². The van der Waals surface area contributed by atoms with Crippen molar-refractivity contribution in [2.24, 2.45) is 0 Å². The molecule has 0 aliphatic heterocycles. The van der Waals surface area contributed by atoms with Gasteiger partial charge in [0.2, 0.25) is 5.91 Å². The zero-order valence-corrected chi connectivity index (χ0v) is 11.3. The molecule has 1 N–H and O–H groups in total. The minimum Gasteiger partial charge on any atom is -0.323 e. The van der Waals surface area contributed by atoms with E-state index in [0.29, 0.717) is 6.07 Å². The smallest absolute Gasteiger partial charge is 0.234 e. The van der Waals surface area contributed by atoms with E-state index in [4.69, 9.17) is 0 Å². The first-order valence-corrected chi connectivity index (χ1v) is 6.78. The molecule has 0 aliphatic rings. The molecule has 2 nitrogen and oxygen atoms in total. The van der Waals surface area contributed by atoms with Crippen LogP contribution in [0.2, 0.25) is 0 Å². The molecule has 0 fully saturated rings. The van der Waals surface area contributed by atoms with E-state index in [-0.39, 0.29) is 10.6 Å². The Morgan fingerprint density at radius 3 is 2.38 bits per heavy atom. The number of hydrogen-bond acceptors (Lipinski definition) is 2. The second kappa shape index (κ2) is 6.62. The summed E-state index contributed by atoms with van der Waals surface area (Å²) >= 11 is 0.910. The molecule has 0 heterocycles. The SMILES string of the molecule is O=C(CSc1ccccc1F)Nc1ccc(F)c(F)c1F. The molecular formula is C14H9F4NOS. The quantitative estimate of drug-likeness (QED) is 0.525. The first-order chi connectivity index (χ1) is 9.99. The lowest BCUT2D eigenvalue weighted by Gasteiger charge is -2.07. The van der Waals surface area contributed by atoms with Gasteiger partial charge in [0.1, 0.15) is 5.82 Å². The average molecular weight is 315 g/mol. The molecule has 0 unspecified atom stereocenters. The zero-order chi connectivity index (χ0) is 15.4. The summed E-state index contributed by atoms with van der Waals surface area (Å²) in [5.41, 5.74) is -0.465. The Balaban J connectivity index is 2.00. The average Bonchev–Trinajstić information content (AvgIpc) is 2.47. The molecule has 0 saturated carbocycles. The Morgan fingerprint density at radius 2 is 1.67 bits per heavy atom. The number of amides is 1. The van der Waals surface area contributed by atoms with Crippen molar-refractivity contribution in [2.45, 2.75) is 4.90 Å². The largest absolute Gasteiger partial charge is 0.323 e. The molecule has 2 aromatic carbocycles. The first-order valence-electron chi connectivity index (χ1n) is 5.79. The molecule has 0 spiro atoms. The molecule has 0 atom stereocenters. The maximum atomic E-state index is 13.4. The van der Waals surface area contributed by atoms with Gasteiger partial charge in [0.05, 0.1) is 11.4 Å². The maximum Gasteiger partial charge on any atom is 0.234 e. The van der Waals surface area contributed by atoms with Crippen LogP contribution in [0.25, 0.3) is 0 Å². The summed E-state index contributed by atoms with van der Waals surface area (Å²) in [5.74, 6) is -5.80. The fourth-order valence-corrected chi connectivity index (χ4v) is 2.25. The van der Waals surface area contributed by atoms with Gasteiger partial charge in [-0.05, 0) is 24.3 Å². The number of carbonyl (C=O) groups is 1. The fraction of sp³-hybridized carbons (Fsp3) is 0.0714. The molecule has 1 amide bonds. The number of carbonyl (C=O) groups excluding carboxylic acids is 1. The van der Waals surface area contributed by atoms with Crippen LogP contribution in [0.3, 0.4) is 0 Å². The van der Waals surface area contributed by atoms with Crippen molar-refractivity contribution in [3.05, 3.63) is 59.7 Å². The second-order valence-corrected chi connectivity index (χ2v) is 5.01. The monoisotopic (exact) mass is 315 g/mol. The summed E-state index contributed by atoms with van der Waals surface area (Å²) in [6, 6.07) is 7.48. The maximum absolute atomic E-state index is 13.4. The summed E-state index contributed by atoms with van der Waals surface area (Å²) in [5, 5.41) is 2.10. The first kappa shape index (κ1) is 15.4. The summed E-state index contributed by atoms with van der Waals surface area (Å²) in [7, 11) is 0. The highest BCUT2D eigenvalue weighted by Crippen LogP contribution is 2.23. The van der Waals surface area contributed by atoms with Crippen molar-refractivity contribution >= 4 is 23.4 Å². The molecule has 2 rings (SSSR count). The topological polar surface area (TPSA) is 29.1 Å². The van der Waals surface area contributed by atoms with Crippen LogP contribution in [-0.2, 0) is 4.79 Å². The van der Waals surface area contributed by atoms with Crippen LogP contribution in [0.5, 0.6) is 0 Å². The molecule has 0 bridgehead atoms. The van der Waals surface area contributed by atoms with Crippen molar-refractivity contribution in [3.63, 3.8) is 0 Å². The Hall–Kier alpha value is -2.02. The van der Waals surface area contributed by atoms with E-state index in [0.717, 1.165) is 17.8 Å². The second-order valence-electron chi connectivity index (χ2n) is 3.99. The highest BCUT2D eigenvalue weighted by molar-refractivity contribution is 8.00. The van der Waals surface area contributed by atoms with Crippen LogP contribution in [0, 0.1) is 23.3 Å². The molecule has 2 aromatic rings. The third-order valence-electron chi connectivity index (χ3n) is 2.50. The van der Waals surface area contributed by atoms with Gasteiger partial charge in [-0.1, -0.05) is 12.1 Å². The van der Waals surface area contributed by atoms with E-state index in [1.54, 1.807) is 6.07 Å². The van der Waals surface area contributed by atoms with Gasteiger partial charge >= 0.3 is 0 Å². The van der Waals surface area contributed by atoms with Gasteiger partial charge in [-0.3, -0.25) is 4.79 Å². The van der Waals surface area contributed by atoms with Crippen molar-refractivity contribution < 1.29 is 22.4 Å². The fourth-order valence-electron chi connectivity index (χ4n) is 1.51. The van der Waals surface area contributed by atoms with Crippen LogP contribution in [0.1, 0.15) is 0 Å². The van der Waals surface area contributed by atoms with Crippen molar-refractivity contribution in [1.82, 2.24) is 0 Å². The Labute approximate surface area is 122 Å². The lowest BCUT2D eigenvalue weighted by molar-refractivity contribution is -0.113. The highest BCUT2D eigenvalue weighted by atomic mass is 32.2. The summed E-state index contributed by atoms with van der Waals surface area (Å²) < 4.78 is 52.4. The summed E-state index contributed by atoms with van der Waals surface area (Å²) in [6.07, 6.45) is 0. The van der Waals surface area contributed by atoms with E-state index in [1.807, 2.05) is 0 Å². The Bertz CT molecular complexity index is 678. The van der Waals surface area contributed by atoms with E-state index in [1.165, 1.54) is 18.2 Å². The molecule has 0 saturated heterocycles. The molecular weight excluding hydrogens is 306 g/mol. The molecule has 110 valence electrons. The van der Waals surface area contributed by atoms with Gasteiger partial charge in [0.15, 0.2) is 17.5 Å². The predicted octanol–water partition coefficient (Wildman–Crippen LogP) is 3.97. The van der Waals surface area contributed by atoms with Crippen LogP contribution < -0.4 is 5.32 Å². The van der Waals surface area contributed by atoms with Gasteiger partial charge in [-0.2, -0.15) is 0 Å². The molecule has 7 heteroatoms. The number of hydrogen-bond donors (Lipinski definition) is 1. The van der Waals surface area contributed by atoms with E-state index >= 15 is 0 Å². The molecule has 0 aromatic heterocycles.